The van der Waals surface area contributed by atoms with Crippen molar-refractivity contribution in [2.24, 2.45) is 0 Å². The van der Waals surface area contributed by atoms with Crippen molar-refractivity contribution in [3.8, 4) is 0 Å². The molecular weight excluding hydrogens is 212 g/mol. The van der Waals surface area contributed by atoms with Crippen molar-refractivity contribution in [2.75, 3.05) is 0 Å². The Morgan fingerprint density at radius 1 is 1.18 bits per heavy atom. The fourth-order valence-corrected chi connectivity index (χ4v) is 1.82. The Hall–Kier alpha value is -2.09. The van der Waals surface area contributed by atoms with Crippen LogP contribution in [0.4, 0.5) is 0 Å². The van der Waals surface area contributed by atoms with Crippen molar-refractivity contribution in [2.45, 2.75) is 12.3 Å². The molecule has 0 aliphatic carbocycles. The van der Waals surface area contributed by atoms with Crippen molar-refractivity contribution >= 4 is 5.97 Å². The van der Waals surface area contributed by atoms with Gasteiger partial charge >= 0.3 is 5.97 Å². The summed E-state index contributed by atoms with van der Waals surface area (Å²) < 4.78 is 0. The third-order valence-electron chi connectivity index (χ3n) is 2.71. The predicted octanol–water partition coefficient (Wildman–Crippen LogP) is 2.90. The summed E-state index contributed by atoms with van der Waals surface area (Å²) in [6.45, 7) is 0. The van der Waals surface area contributed by atoms with Gasteiger partial charge in [0.05, 0.1) is 5.92 Å². The second kappa shape index (κ2) is 5.30. The minimum Gasteiger partial charge on any atom is -0.481 e. The molecular formula is C15H13O2. The average molecular weight is 225 g/mol. The van der Waals surface area contributed by atoms with Crippen LogP contribution in [0, 0.1) is 6.07 Å². The Balaban J connectivity index is 2.23. The Bertz CT molecular complexity index is 477. The van der Waals surface area contributed by atoms with Gasteiger partial charge in [0, 0.05) is 0 Å². The molecule has 0 bridgehead atoms. The van der Waals surface area contributed by atoms with Crippen molar-refractivity contribution < 1.29 is 9.90 Å². The molecule has 1 radical (unpaired) electrons. The zero-order valence-electron chi connectivity index (χ0n) is 9.34. The molecule has 0 amide bonds. The molecule has 2 aromatic rings. The maximum atomic E-state index is 11.3. The third-order valence-corrected chi connectivity index (χ3v) is 2.71. The van der Waals surface area contributed by atoms with Crippen molar-refractivity contribution in [3.63, 3.8) is 0 Å². The molecule has 0 fully saturated rings. The molecule has 2 rings (SSSR count). The molecule has 0 saturated heterocycles. The molecule has 17 heavy (non-hydrogen) atoms. The first-order valence-corrected chi connectivity index (χ1v) is 5.50. The van der Waals surface area contributed by atoms with Crippen LogP contribution in [-0.2, 0) is 11.2 Å². The van der Waals surface area contributed by atoms with Gasteiger partial charge in [-0.2, -0.15) is 0 Å². The molecule has 0 spiro atoms. The number of aliphatic carboxylic acids is 1. The molecule has 1 atom stereocenters. The van der Waals surface area contributed by atoms with Gasteiger partial charge in [0.2, 0.25) is 0 Å². The lowest BCUT2D eigenvalue weighted by Crippen LogP contribution is -2.14. The van der Waals surface area contributed by atoms with Crippen molar-refractivity contribution in [3.05, 3.63) is 71.8 Å². The van der Waals surface area contributed by atoms with Gasteiger partial charge in [0.25, 0.3) is 0 Å². The van der Waals surface area contributed by atoms with E-state index in [-0.39, 0.29) is 0 Å². The molecule has 0 saturated carbocycles. The maximum Gasteiger partial charge on any atom is 0.311 e. The van der Waals surface area contributed by atoms with Gasteiger partial charge in [-0.3, -0.25) is 4.79 Å². The van der Waals surface area contributed by atoms with Crippen LogP contribution in [-0.4, -0.2) is 11.1 Å². The smallest absolute Gasteiger partial charge is 0.311 e. The zero-order chi connectivity index (χ0) is 12.1. The van der Waals surface area contributed by atoms with E-state index in [1.807, 2.05) is 42.5 Å². The molecule has 0 heterocycles. The SMILES string of the molecule is O=C(O)C(Cc1ccccc1)c1c[c]ccc1. The molecule has 0 aliphatic rings. The highest BCUT2D eigenvalue weighted by Crippen LogP contribution is 2.20. The van der Waals surface area contributed by atoms with Gasteiger partial charge in [0.1, 0.15) is 0 Å². The molecule has 85 valence electrons. The number of benzene rings is 2. The van der Waals surface area contributed by atoms with Crippen LogP contribution in [0.15, 0.2) is 54.6 Å². The first-order valence-electron chi connectivity index (χ1n) is 5.50. The number of carboxylic acids is 1. The standard InChI is InChI=1S/C15H13O2/c16-15(17)14(13-9-5-2-6-10-13)11-12-7-3-1-4-8-12/h1-5,7-10,14H,11H2,(H,16,17). The summed E-state index contributed by atoms with van der Waals surface area (Å²) in [5.41, 5.74) is 1.83. The zero-order valence-corrected chi connectivity index (χ0v) is 9.34. The van der Waals surface area contributed by atoms with E-state index < -0.39 is 11.9 Å². The monoisotopic (exact) mass is 225 g/mol. The van der Waals surface area contributed by atoms with Crippen LogP contribution in [0.5, 0.6) is 0 Å². The van der Waals surface area contributed by atoms with E-state index in [0.717, 1.165) is 11.1 Å². The summed E-state index contributed by atoms with van der Waals surface area (Å²) in [5.74, 6) is -1.30. The Labute approximate surface area is 101 Å². The minimum atomic E-state index is -0.798. The summed E-state index contributed by atoms with van der Waals surface area (Å²) in [5, 5.41) is 9.27. The summed E-state index contributed by atoms with van der Waals surface area (Å²) in [6.07, 6.45) is 0.508. The summed E-state index contributed by atoms with van der Waals surface area (Å²) in [4.78, 5) is 11.3. The maximum absolute atomic E-state index is 11.3. The molecule has 0 aliphatic heterocycles. The second-order valence-electron chi connectivity index (χ2n) is 3.92. The molecule has 1 N–H and O–H groups in total. The first-order chi connectivity index (χ1) is 8.27. The van der Waals surface area contributed by atoms with Gasteiger partial charge < -0.3 is 5.11 Å². The van der Waals surface area contributed by atoms with Crippen LogP contribution < -0.4 is 0 Å². The molecule has 2 aromatic carbocycles. The van der Waals surface area contributed by atoms with E-state index in [1.165, 1.54) is 0 Å². The van der Waals surface area contributed by atoms with E-state index in [0.29, 0.717) is 6.42 Å². The van der Waals surface area contributed by atoms with Gasteiger partial charge in [-0.25, -0.2) is 0 Å². The third kappa shape index (κ3) is 2.94. The van der Waals surface area contributed by atoms with E-state index in [2.05, 4.69) is 6.07 Å². The second-order valence-corrected chi connectivity index (χ2v) is 3.92. The fourth-order valence-electron chi connectivity index (χ4n) is 1.82. The van der Waals surface area contributed by atoms with Gasteiger partial charge in [-0.05, 0) is 23.6 Å². The fraction of sp³-hybridized carbons (Fsp3) is 0.133. The van der Waals surface area contributed by atoms with Crippen molar-refractivity contribution in [1.29, 1.82) is 0 Å². The molecule has 1 unspecified atom stereocenters. The predicted molar refractivity (Wildman–Crippen MR) is 65.8 cm³/mol. The normalized spacial score (nSPS) is 12.0. The average Bonchev–Trinajstić information content (AvgIpc) is 2.38. The van der Waals surface area contributed by atoms with Crippen LogP contribution in [0.3, 0.4) is 0 Å². The van der Waals surface area contributed by atoms with E-state index in [4.69, 9.17) is 0 Å². The van der Waals surface area contributed by atoms with Crippen molar-refractivity contribution in [1.82, 2.24) is 0 Å². The van der Waals surface area contributed by atoms with Crippen LogP contribution in [0.2, 0.25) is 0 Å². The molecule has 2 heteroatoms. The highest BCUT2D eigenvalue weighted by molar-refractivity contribution is 5.76. The Morgan fingerprint density at radius 2 is 1.94 bits per heavy atom. The lowest BCUT2D eigenvalue weighted by molar-refractivity contribution is -0.138. The van der Waals surface area contributed by atoms with E-state index in [1.54, 1.807) is 12.1 Å². The quantitative estimate of drug-likeness (QED) is 0.868. The number of carbonyl (C=O) groups is 1. The number of hydrogen-bond acceptors (Lipinski definition) is 1. The minimum absolute atomic E-state index is 0.505. The summed E-state index contributed by atoms with van der Waals surface area (Å²) >= 11 is 0. The van der Waals surface area contributed by atoms with Gasteiger partial charge in [-0.1, -0.05) is 54.6 Å². The van der Waals surface area contributed by atoms with E-state index >= 15 is 0 Å². The Kier molecular flexibility index (Phi) is 3.55. The number of rotatable bonds is 4. The highest BCUT2D eigenvalue weighted by atomic mass is 16.4. The number of carboxylic acid groups (broad SMARTS) is 1. The molecule has 0 aromatic heterocycles. The highest BCUT2D eigenvalue weighted by Gasteiger charge is 2.19. The van der Waals surface area contributed by atoms with Crippen LogP contribution >= 0.6 is 0 Å². The van der Waals surface area contributed by atoms with Gasteiger partial charge in [0.15, 0.2) is 0 Å². The van der Waals surface area contributed by atoms with Crippen LogP contribution in [0.25, 0.3) is 0 Å². The first kappa shape index (κ1) is 11.4. The van der Waals surface area contributed by atoms with Gasteiger partial charge in [-0.15, -0.1) is 0 Å². The lowest BCUT2D eigenvalue weighted by Gasteiger charge is -2.12. The van der Waals surface area contributed by atoms with E-state index in [9.17, 15) is 9.90 Å². The summed E-state index contributed by atoms with van der Waals surface area (Å²) in [6, 6.07) is 19.7. The van der Waals surface area contributed by atoms with Crippen LogP contribution in [0.1, 0.15) is 17.0 Å². The largest absolute Gasteiger partial charge is 0.481 e. The topological polar surface area (TPSA) is 37.3 Å². The number of hydrogen-bond donors (Lipinski definition) is 1. The summed E-state index contributed by atoms with van der Waals surface area (Å²) in [7, 11) is 0. The lowest BCUT2D eigenvalue weighted by atomic mass is 9.92. The Morgan fingerprint density at radius 3 is 2.53 bits per heavy atom. The molecule has 2 nitrogen and oxygen atoms in total.